The fourth-order valence-electron chi connectivity index (χ4n) is 2.05. The molecule has 0 aliphatic carbocycles. The van der Waals surface area contributed by atoms with E-state index in [9.17, 15) is 9.59 Å². The van der Waals surface area contributed by atoms with Gasteiger partial charge in [-0.1, -0.05) is 47.4 Å². The van der Waals surface area contributed by atoms with Crippen molar-refractivity contribution in [1.82, 2.24) is 15.5 Å². The molecule has 1 atom stereocenters. The molecule has 1 aromatic heterocycles. The summed E-state index contributed by atoms with van der Waals surface area (Å²) in [4.78, 5) is 23.3. The highest BCUT2D eigenvalue weighted by Crippen LogP contribution is 2.26. The molecule has 1 aromatic carbocycles. The number of benzene rings is 1. The lowest BCUT2D eigenvalue weighted by Gasteiger charge is -2.13. The van der Waals surface area contributed by atoms with Crippen LogP contribution in [0.2, 0.25) is 0 Å². The molecule has 2 aromatic rings. The Bertz CT molecular complexity index is 700. The third-order valence-corrected chi connectivity index (χ3v) is 5.23. The van der Waals surface area contributed by atoms with Gasteiger partial charge in [0.2, 0.25) is 11.0 Å². The van der Waals surface area contributed by atoms with Gasteiger partial charge in [-0.05, 0) is 19.4 Å². The third-order valence-electron chi connectivity index (χ3n) is 3.21. The smallest absolute Gasteiger partial charge is 0.217 e. The molecule has 0 spiro atoms. The van der Waals surface area contributed by atoms with E-state index in [-0.39, 0.29) is 17.7 Å². The predicted octanol–water partition coefficient (Wildman–Crippen LogP) is 3.14. The van der Waals surface area contributed by atoms with Gasteiger partial charge in [0, 0.05) is 19.0 Å². The molecular formula is C16H20N4O2S2. The number of ketones is 1. The molecule has 6 nitrogen and oxygen atoms in total. The number of nitrogens with zero attached hydrogens (tertiary/aromatic N) is 2. The van der Waals surface area contributed by atoms with Crippen LogP contribution in [0.5, 0.6) is 0 Å². The van der Waals surface area contributed by atoms with Crippen molar-refractivity contribution in [3.8, 4) is 0 Å². The SMILES string of the molecule is CCNc1nnc(SCC(=O)c2ccc([C@H](C)NC(C)=O)cc2)s1. The number of carbonyl (C=O) groups is 2. The summed E-state index contributed by atoms with van der Waals surface area (Å²) in [6.45, 7) is 6.18. The van der Waals surface area contributed by atoms with Gasteiger partial charge >= 0.3 is 0 Å². The molecule has 0 fully saturated rings. The summed E-state index contributed by atoms with van der Waals surface area (Å²) < 4.78 is 0.773. The van der Waals surface area contributed by atoms with E-state index < -0.39 is 0 Å². The van der Waals surface area contributed by atoms with Crippen molar-refractivity contribution >= 4 is 39.9 Å². The minimum Gasteiger partial charge on any atom is -0.360 e. The first-order valence-electron chi connectivity index (χ1n) is 7.60. The summed E-state index contributed by atoms with van der Waals surface area (Å²) in [6.07, 6.45) is 0. The zero-order chi connectivity index (χ0) is 17.5. The number of carbonyl (C=O) groups excluding carboxylic acids is 2. The molecule has 24 heavy (non-hydrogen) atoms. The van der Waals surface area contributed by atoms with E-state index in [0.29, 0.717) is 11.3 Å². The summed E-state index contributed by atoms with van der Waals surface area (Å²) in [5.74, 6) is 0.286. The molecule has 0 aliphatic rings. The van der Waals surface area contributed by atoms with Gasteiger partial charge in [-0.15, -0.1) is 10.2 Å². The Morgan fingerprint density at radius 3 is 2.58 bits per heavy atom. The number of hydrogen-bond acceptors (Lipinski definition) is 7. The molecule has 2 rings (SSSR count). The molecule has 2 N–H and O–H groups in total. The fourth-order valence-corrected chi connectivity index (χ4v) is 3.76. The molecule has 1 heterocycles. The van der Waals surface area contributed by atoms with E-state index in [4.69, 9.17) is 0 Å². The summed E-state index contributed by atoms with van der Waals surface area (Å²) in [5, 5.41) is 14.7. The third kappa shape index (κ3) is 5.31. The topological polar surface area (TPSA) is 84.0 Å². The van der Waals surface area contributed by atoms with Gasteiger partial charge in [-0.2, -0.15) is 0 Å². The van der Waals surface area contributed by atoms with E-state index in [1.165, 1.54) is 30.0 Å². The number of aromatic nitrogens is 2. The molecule has 0 saturated carbocycles. The minimum absolute atomic E-state index is 0.0407. The average molecular weight is 364 g/mol. The van der Waals surface area contributed by atoms with Crippen molar-refractivity contribution in [1.29, 1.82) is 0 Å². The predicted molar refractivity (Wildman–Crippen MR) is 97.8 cm³/mol. The molecule has 128 valence electrons. The highest BCUT2D eigenvalue weighted by atomic mass is 32.2. The molecule has 0 bridgehead atoms. The van der Waals surface area contributed by atoms with Crippen LogP contribution in [0.4, 0.5) is 5.13 Å². The number of thioether (sulfide) groups is 1. The van der Waals surface area contributed by atoms with Gasteiger partial charge in [-0.25, -0.2) is 0 Å². The molecular weight excluding hydrogens is 344 g/mol. The van der Waals surface area contributed by atoms with Gasteiger partial charge in [0.1, 0.15) is 0 Å². The van der Waals surface area contributed by atoms with Crippen LogP contribution in [0.3, 0.4) is 0 Å². The van der Waals surface area contributed by atoms with Crippen LogP contribution < -0.4 is 10.6 Å². The van der Waals surface area contributed by atoms with E-state index in [1.54, 1.807) is 12.1 Å². The largest absolute Gasteiger partial charge is 0.360 e. The zero-order valence-corrected chi connectivity index (χ0v) is 15.5. The molecule has 8 heteroatoms. The molecule has 0 saturated heterocycles. The van der Waals surface area contributed by atoms with Crippen LogP contribution in [0, 0.1) is 0 Å². The Hall–Kier alpha value is -1.93. The monoisotopic (exact) mass is 364 g/mol. The first-order chi connectivity index (χ1) is 11.5. The van der Waals surface area contributed by atoms with E-state index in [1.807, 2.05) is 26.0 Å². The van der Waals surface area contributed by atoms with Crippen LogP contribution >= 0.6 is 23.1 Å². The molecule has 0 radical (unpaired) electrons. The maximum absolute atomic E-state index is 12.3. The minimum atomic E-state index is -0.0769. The summed E-state index contributed by atoms with van der Waals surface area (Å²) in [6, 6.07) is 7.24. The van der Waals surface area contributed by atoms with Crippen molar-refractivity contribution < 1.29 is 9.59 Å². The second-order valence-electron chi connectivity index (χ2n) is 5.16. The van der Waals surface area contributed by atoms with Crippen molar-refractivity contribution in [3.05, 3.63) is 35.4 Å². The fraction of sp³-hybridized carbons (Fsp3) is 0.375. The summed E-state index contributed by atoms with van der Waals surface area (Å²) in [7, 11) is 0. The van der Waals surface area contributed by atoms with Crippen LogP contribution in [0.25, 0.3) is 0 Å². The van der Waals surface area contributed by atoms with Crippen molar-refractivity contribution in [3.63, 3.8) is 0 Å². The van der Waals surface area contributed by atoms with Gasteiger partial charge < -0.3 is 10.6 Å². The second kappa shape index (κ2) is 8.79. The molecule has 0 unspecified atom stereocenters. The number of nitrogens with one attached hydrogen (secondary N) is 2. The van der Waals surface area contributed by atoms with Crippen LogP contribution in [0.15, 0.2) is 28.6 Å². The van der Waals surface area contributed by atoms with Crippen LogP contribution in [-0.2, 0) is 4.79 Å². The summed E-state index contributed by atoms with van der Waals surface area (Å²) >= 11 is 2.83. The lowest BCUT2D eigenvalue weighted by molar-refractivity contribution is -0.119. The standard InChI is InChI=1S/C16H20N4O2S2/c1-4-17-15-19-20-16(24-15)23-9-14(22)13-7-5-12(6-8-13)10(2)18-11(3)21/h5-8,10H,4,9H2,1-3H3,(H,17,19)(H,18,21)/t10-/m0/s1. The molecule has 0 aliphatic heterocycles. The summed E-state index contributed by atoms with van der Waals surface area (Å²) in [5.41, 5.74) is 1.62. The lowest BCUT2D eigenvalue weighted by Crippen LogP contribution is -2.23. The average Bonchev–Trinajstić information content (AvgIpc) is 3.00. The van der Waals surface area contributed by atoms with Crippen LogP contribution in [0.1, 0.15) is 42.7 Å². The number of rotatable bonds is 8. The maximum atomic E-state index is 12.3. The Labute approximate surface area is 149 Å². The second-order valence-corrected chi connectivity index (χ2v) is 7.36. The van der Waals surface area contributed by atoms with Crippen molar-refractivity contribution in [2.45, 2.75) is 31.2 Å². The van der Waals surface area contributed by atoms with Crippen molar-refractivity contribution in [2.75, 3.05) is 17.6 Å². The van der Waals surface area contributed by atoms with E-state index in [0.717, 1.165) is 21.6 Å². The Kier molecular flexibility index (Phi) is 6.74. The highest BCUT2D eigenvalue weighted by Gasteiger charge is 2.11. The Morgan fingerprint density at radius 1 is 1.25 bits per heavy atom. The number of Topliss-reactive ketones (excluding diaryl/α,β-unsaturated/α-hetero) is 1. The highest BCUT2D eigenvalue weighted by molar-refractivity contribution is 8.01. The Morgan fingerprint density at radius 2 is 1.96 bits per heavy atom. The van der Waals surface area contributed by atoms with E-state index >= 15 is 0 Å². The van der Waals surface area contributed by atoms with Crippen LogP contribution in [-0.4, -0.2) is 34.2 Å². The van der Waals surface area contributed by atoms with E-state index in [2.05, 4.69) is 20.8 Å². The van der Waals surface area contributed by atoms with Gasteiger partial charge in [0.05, 0.1) is 11.8 Å². The number of amides is 1. The van der Waals surface area contributed by atoms with Crippen molar-refractivity contribution in [2.24, 2.45) is 0 Å². The first-order valence-corrected chi connectivity index (χ1v) is 9.40. The lowest BCUT2D eigenvalue weighted by atomic mass is 10.0. The van der Waals surface area contributed by atoms with Gasteiger partial charge in [0.25, 0.3) is 0 Å². The van der Waals surface area contributed by atoms with Gasteiger partial charge in [-0.3, -0.25) is 9.59 Å². The van der Waals surface area contributed by atoms with Gasteiger partial charge in [0.15, 0.2) is 10.1 Å². The number of hydrogen-bond donors (Lipinski definition) is 2. The Balaban J connectivity index is 1.91. The zero-order valence-electron chi connectivity index (χ0n) is 13.8. The molecule has 1 amide bonds. The maximum Gasteiger partial charge on any atom is 0.217 e. The normalized spacial score (nSPS) is 11.8. The number of anilines is 1. The quantitative estimate of drug-likeness (QED) is 0.553. The first kappa shape index (κ1) is 18.4.